The van der Waals surface area contributed by atoms with Crippen LogP contribution in [0, 0.1) is 11.3 Å². The zero-order chi connectivity index (χ0) is 22.4. The second-order valence-electron chi connectivity index (χ2n) is 8.92. The molecular formula is C30H21NO2. The van der Waals surface area contributed by atoms with Gasteiger partial charge in [0.2, 0.25) is 0 Å². The molecule has 4 aromatic rings. The van der Waals surface area contributed by atoms with E-state index < -0.39 is 0 Å². The summed E-state index contributed by atoms with van der Waals surface area (Å²) >= 11 is 0. The molecule has 33 heavy (non-hydrogen) atoms. The SMILES string of the molecule is N#Cc1ccc(COc2cccc3c2C(=O)C=CC32Cc3cccc4cccc(c34)C2)cc1. The maximum absolute atomic E-state index is 13.1. The lowest BCUT2D eigenvalue weighted by Crippen LogP contribution is -2.36. The highest BCUT2D eigenvalue weighted by Gasteiger charge is 2.40. The van der Waals surface area contributed by atoms with E-state index in [1.165, 1.54) is 21.9 Å². The molecule has 0 unspecified atom stereocenters. The van der Waals surface area contributed by atoms with E-state index in [0.29, 0.717) is 23.5 Å². The minimum absolute atomic E-state index is 0.0110. The molecule has 0 radical (unpaired) electrons. The third-order valence-corrected chi connectivity index (χ3v) is 6.93. The second-order valence-corrected chi connectivity index (χ2v) is 8.92. The van der Waals surface area contributed by atoms with Gasteiger partial charge in [0.1, 0.15) is 12.4 Å². The first kappa shape index (κ1) is 19.5. The van der Waals surface area contributed by atoms with Gasteiger partial charge in [0.15, 0.2) is 5.78 Å². The topological polar surface area (TPSA) is 50.1 Å². The molecule has 1 spiro atoms. The number of nitrogens with zero attached hydrogens (tertiary/aromatic N) is 1. The summed E-state index contributed by atoms with van der Waals surface area (Å²) in [7, 11) is 0. The fraction of sp³-hybridized carbons (Fsp3) is 0.133. The summed E-state index contributed by atoms with van der Waals surface area (Å²) in [6.07, 6.45) is 5.55. The molecule has 0 atom stereocenters. The Bertz CT molecular complexity index is 1450. The third-order valence-electron chi connectivity index (χ3n) is 6.93. The van der Waals surface area contributed by atoms with Gasteiger partial charge in [-0.25, -0.2) is 0 Å². The third kappa shape index (κ3) is 3.15. The molecule has 0 aromatic heterocycles. The standard InChI is InChI=1S/C30H21NO2/c31-18-20-10-12-21(13-11-20)19-33-27-9-3-8-25-29(27)26(32)14-15-30(25)16-23-6-1-4-22-5-2-7-24(17-30)28(22)23/h1-15H,16-17,19H2. The van der Waals surface area contributed by atoms with Crippen LogP contribution < -0.4 is 4.74 Å². The average molecular weight is 428 g/mol. The van der Waals surface area contributed by atoms with Crippen molar-refractivity contribution in [1.29, 1.82) is 5.26 Å². The van der Waals surface area contributed by atoms with E-state index in [0.717, 1.165) is 24.0 Å². The Morgan fingerprint density at radius 1 is 0.879 bits per heavy atom. The van der Waals surface area contributed by atoms with Crippen LogP contribution in [0.15, 0.2) is 91.0 Å². The fourth-order valence-electron chi connectivity index (χ4n) is 5.41. The van der Waals surface area contributed by atoms with E-state index in [-0.39, 0.29) is 11.2 Å². The van der Waals surface area contributed by atoms with E-state index >= 15 is 0 Å². The number of hydrogen-bond acceptors (Lipinski definition) is 3. The molecule has 4 aromatic carbocycles. The summed E-state index contributed by atoms with van der Waals surface area (Å²) in [5, 5.41) is 11.6. The zero-order valence-electron chi connectivity index (χ0n) is 18.0. The van der Waals surface area contributed by atoms with Gasteiger partial charge < -0.3 is 4.74 Å². The lowest BCUT2D eigenvalue weighted by Gasteiger charge is -2.39. The van der Waals surface area contributed by atoms with Gasteiger partial charge >= 0.3 is 0 Å². The summed E-state index contributed by atoms with van der Waals surface area (Å²) in [6.45, 7) is 0.342. The Hall–Kier alpha value is -4.16. The van der Waals surface area contributed by atoms with Crippen molar-refractivity contribution in [3.05, 3.63) is 124 Å². The van der Waals surface area contributed by atoms with Crippen molar-refractivity contribution >= 4 is 16.6 Å². The fourth-order valence-corrected chi connectivity index (χ4v) is 5.41. The number of rotatable bonds is 3. The molecule has 0 N–H and O–H groups in total. The predicted octanol–water partition coefficient (Wildman–Crippen LogP) is 6.08. The number of allylic oxidation sites excluding steroid dienone is 2. The quantitative estimate of drug-likeness (QED) is 0.398. The first-order valence-electron chi connectivity index (χ1n) is 11.2. The van der Waals surface area contributed by atoms with Gasteiger partial charge in [-0.05, 0) is 70.1 Å². The van der Waals surface area contributed by atoms with Crippen LogP contribution in [0.3, 0.4) is 0 Å². The minimum atomic E-state index is -0.264. The van der Waals surface area contributed by atoms with Gasteiger partial charge in [-0.2, -0.15) is 5.26 Å². The normalized spacial score (nSPS) is 15.3. The van der Waals surface area contributed by atoms with Crippen LogP contribution in [0.4, 0.5) is 0 Å². The molecule has 158 valence electrons. The molecule has 0 heterocycles. The maximum Gasteiger partial charge on any atom is 0.189 e. The maximum atomic E-state index is 13.1. The van der Waals surface area contributed by atoms with Crippen molar-refractivity contribution in [2.45, 2.75) is 24.9 Å². The first-order chi connectivity index (χ1) is 16.2. The Kier molecular flexibility index (Phi) is 4.41. The van der Waals surface area contributed by atoms with Gasteiger partial charge in [-0.3, -0.25) is 4.79 Å². The largest absolute Gasteiger partial charge is 0.488 e. The highest BCUT2D eigenvalue weighted by Crippen LogP contribution is 2.46. The highest BCUT2D eigenvalue weighted by molar-refractivity contribution is 6.09. The zero-order valence-corrected chi connectivity index (χ0v) is 18.0. The molecule has 0 aliphatic heterocycles. The number of fused-ring (bicyclic) bond motifs is 2. The molecule has 3 heteroatoms. The van der Waals surface area contributed by atoms with Crippen molar-refractivity contribution in [3.63, 3.8) is 0 Å². The van der Waals surface area contributed by atoms with Crippen molar-refractivity contribution in [2.75, 3.05) is 0 Å². The molecule has 3 nitrogen and oxygen atoms in total. The number of ketones is 1. The summed E-state index contributed by atoms with van der Waals surface area (Å²) in [5.74, 6) is 0.603. The average Bonchev–Trinajstić information content (AvgIpc) is 2.86. The van der Waals surface area contributed by atoms with Gasteiger partial charge in [0, 0.05) is 5.41 Å². The molecule has 6 rings (SSSR count). The molecule has 0 fully saturated rings. The van der Waals surface area contributed by atoms with Crippen molar-refractivity contribution in [3.8, 4) is 11.8 Å². The van der Waals surface area contributed by atoms with Crippen LogP contribution >= 0.6 is 0 Å². The van der Waals surface area contributed by atoms with Crippen LogP contribution in [0.1, 0.15) is 38.2 Å². The first-order valence-corrected chi connectivity index (χ1v) is 11.2. The van der Waals surface area contributed by atoms with Crippen LogP contribution in [0.5, 0.6) is 5.75 Å². The molecule has 2 aliphatic rings. The number of hydrogen-bond donors (Lipinski definition) is 0. The van der Waals surface area contributed by atoms with Gasteiger partial charge in [0.05, 0.1) is 17.2 Å². The summed E-state index contributed by atoms with van der Waals surface area (Å²) in [6, 6.07) is 28.4. The number of carbonyl (C=O) groups is 1. The van der Waals surface area contributed by atoms with E-state index in [4.69, 9.17) is 10.00 Å². The summed E-state index contributed by atoms with van der Waals surface area (Å²) in [5.41, 5.74) is 5.66. The molecule has 0 saturated carbocycles. The summed E-state index contributed by atoms with van der Waals surface area (Å²) < 4.78 is 6.16. The van der Waals surface area contributed by atoms with Crippen molar-refractivity contribution < 1.29 is 9.53 Å². The van der Waals surface area contributed by atoms with Gasteiger partial charge in [-0.15, -0.1) is 0 Å². The number of nitriles is 1. The molecule has 0 bridgehead atoms. The van der Waals surface area contributed by atoms with Crippen molar-refractivity contribution in [2.24, 2.45) is 0 Å². The highest BCUT2D eigenvalue weighted by atomic mass is 16.5. The smallest absolute Gasteiger partial charge is 0.189 e. The predicted molar refractivity (Wildman–Crippen MR) is 128 cm³/mol. The Labute approximate surface area is 192 Å². The van der Waals surface area contributed by atoms with E-state index in [9.17, 15) is 4.79 Å². The number of ether oxygens (including phenoxy) is 1. The molecule has 2 aliphatic carbocycles. The lowest BCUT2D eigenvalue weighted by molar-refractivity contribution is 0.103. The van der Waals surface area contributed by atoms with Crippen LogP contribution in [-0.2, 0) is 24.9 Å². The molecular weight excluding hydrogens is 406 g/mol. The van der Waals surface area contributed by atoms with E-state index in [2.05, 4.69) is 54.6 Å². The minimum Gasteiger partial charge on any atom is -0.488 e. The van der Waals surface area contributed by atoms with Gasteiger partial charge in [0.25, 0.3) is 0 Å². The molecule has 0 saturated heterocycles. The van der Waals surface area contributed by atoms with E-state index in [1.807, 2.05) is 24.3 Å². The number of benzene rings is 4. The van der Waals surface area contributed by atoms with Crippen LogP contribution in [-0.4, -0.2) is 5.78 Å². The monoisotopic (exact) mass is 427 g/mol. The number of carbonyl (C=O) groups excluding carboxylic acids is 1. The lowest BCUT2D eigenvalue weighted by atomic mass is 9.63. The summed E-state index contributed by atoms with van der Waals surface area (Å²) in [4.78, 5) is 13.1. The van der Waals surface area contributed by atoms with Gasteiger partial charge in [-0.1, -0.05) is 66.7 Å². The van der Waals surface area contributed by atoms with E-state index in [1.54, 1.807) is 18.2 Å². The Balaban J connectivity index is 1.39. The Morgan fingerprint density at radius 3 is 2.27 bits per heavy atom. The second kappa shape index (κ2) is 7.46. The van der Waals surface area contributed by atoms with Crippen molar-refractivity contribution in [1.82, 2.24) is 0 Å². The van der Waals surface area contributed by atoms with Crippen LogP contribution in [0.25, 0.3) is 10.8 Å². The Morgan fingerprint density at radius 2 is 1.58 bits per heavy atom. The molecule has 0 amide bonds. The van der Waals surface area contributed by atoms with Crippen LogP contribution in [0.2, 0.25) is 0 Å².